The maximum atomic E-state index is 13.8. The van der Waals surface area contributed by atoms with Crippen LogP contribution in [0.3, 0.4) is 0 Å². The monoisotopic (exact) mass is 531 g/mol. The summed E-state index contributed by atoms with van der Waals surface area (Å²) < 4.78 is 39.5. The van der Waals surface area contributed by atoms with Gasteiger partial charge in [0.2, 0.25) is 21.8 Å². The van der Waals surface area contributed by atoms with Crippen molar-refractivity contribution in [1.82, 2.24) is 10.2 Å². The first-order chi connectivity index (χ1) is 16.0. The van der Waals surface area contributed by atoms with Gasteiger partial charge in [-0.05, 0) is 43.7 Å². The van der Waals surface area contributed by atoms with Crippen molar-refractivity contribution in [3.8, 4) is 0 Å². The molecule has 0 aliphatic rings. The first-order valence-electron chi connectivity index (χ1n) is 10.7. The van der Waals surface area contributed by atoms with Gasteiger partial charge in [0.15, 0.2) is 0 Å². The fourth-order valence-electron chi connectivity index (χ4n) is 3.22. The minimum atomic E-state index is -3.95. The molecular formula is C23H28Cl2FN3O4S. The van der Waals surface area contributed by atoms with Gasteiger partial charge in [0.05, 0.1) is 11.9 Å². The lowest BCUT2D eigenvalue weighted by atomic mass is 10.1. The standard InChI is InChI=1S/C23H28Cl2FN3O4S/c1-4-5-12-27-23(31)16(2)28(14-19-20(24)10-7-11-21(19)25)22(30)15-29(34(3,32)33)18-9-6-8-17(26)13-18/h6-11,13,16H,4-5,12,14-15H2,1-3H3,(H,27,31). The summed E-state index contributed by atoms with van der Waals surface area (Å²) in [6, 6.07) is 8.82. The Bertz CT molecular complexity index is 1110. The van der Waals surface area contributed by atoms with E-state index in [1.807, 2.05) is 6.92 Å². The number of halogens is 3. The zero-order valence-corrected chi connectivity index (χ0v) is 21.6. The van der Waals surface area contributed by atoms with Crippen LogP contribution >= 0.6 is 23.2 Å². The topological polar surface area (TPSA) is 86.8 Å². The molecule has 0 aromatic heterocycles. The summed E-state index contributed by atoms with van der Waals surface area (Å²) in [6.45, 7) is 3.19. The van der Waals surface area contributed by atoms with Gasteiger partial charge in [0.1, 0.15) is 18.4 Å². The smallest absolute Gasteiger partial charge is 0.244 e. The van der Waals surface area contributed by atoms with E-state index >= 15 is 0 Å². The van der Waals surface area contributed by atoms with E-state index in [0.29, 0.717) is 22.2 Å². The van der Waals surface area contributed by atoms with E-state index in [4.69, 9.17) is 23.2 Å². The molecule has 0 spiro atoms. The van der Waals surface area contributed by atoms with Crippen molar-refractivity contribution in [2.24, 2.45) is 0 Å². The number of sulfonamides is 1. The SMILES string of the molecule is CCCCNC(=O)C(C)N(Cc1c(Cl)cccc1Cl)C(=O)CN(c1cccc(F)c1)S(C)(=O)=O. The average molecular weight is 532 g/mol. The number of amides is 2. The molecule has 0 fully saturated rings. The quantitative estimate of drug-likeness (QED) is 0.439. The van der Waals surface area contributed by atoms with Crippen LogP contribution in [-0.2, 0) is 26.2 Å². The van der Waals surface area contributed by atoms with Gasteiger partial charge in [-0.2, -0.15) is 0 Å². The number of hydrogen-bond acceptors (Lipinski definition) is 4. The number of anilines is 1. The molecule has 2 aromatic carbocycles. The zero-order chi connectivity index (χ0) is 25.5. The molecule has 2 aromatic rings. The third-order valence-electron chi connectivity index (χ3n) is 5.16. The Morgan fingerprint density at radius 2 is 1.74 bits per heavy atom. The summed E-state index contributed by atoms with van der Waals surface area (Å²) in [5.41, 5.74) is 0.413. The molecule has 11 heteroatoms. The van der Waals surface area contributed by atoms with Gasteiger partial charge in [-0.1, -0.05) is 48.7 Å². The molecule has 0 aliphatic heterocycles. The predicted molar refractivity (Wildman–Crippen MR) is 133 cm³/mol. The fourth-order valence-corrected chi connectivity index (χ4v) is 4.58. The van der Waals surface area contributed by atoms with E-state index in [1.54, 1.807) is 18.2 Å². The molecule has 7 nitrogen and oxygen atoms in total. The molecule has 1 N–H and O–H groups in total. The van der Waals surface area contributed by atoms with Crippen LogP contribution in [0.25, 0.3) is 0 Å². The van der Waals surface area contributed by atoms with Gasteiger partial charge in [-0.25, -0.2) is 12.8 Å². The average Bonchev–Trinajstić information content (AvgIpc) is 2.76. The van der Waals surface area contributed by atoms with Crippen LogP contribution in [-0.4, -0.2) is 50.5 Å². The summed E-state index contributed by atoms with van der Waals surface area (Å²) in [5, 5.41) is 3.38. The Balaban J connectivity index is 2.41. The van der Waals surface area contributed by atoms with E-state index in [-0.39, 0.29) is 12.2 Å². The van der Waals surface area contributed by atoms with E-state index in [1.165, 1.54) is 30.0 Å². The van der Waals surface area contributed by atoms with E-state index in [2.05, 4.69) is 5.32 Å². The van der Waals surface area contributed by atoms with Crippen molar-refractivity contribution in [3.05, 3.63) is 63.9 Å². The Morgan fingerprint density at radius 1 is 1.12 bits per heavy atom. The highest BCUT2D eigenvalue weighted by molar-refractivity contribution is 7.92. The molecule has 0 bridgehead atoms. The molecule has 2 amide bonds. The van der Waals surface area contributed by atoms with Gasteiger partial charge >= 0.3 is 0 Å². The molecule has 1 unspecified atom stereocenters. The molecule has 186 valence electrons. The van der Waals surface area contributed by atoms with Crippen LogP contribution in [0, 0.1) is 5.82 Å². The third kappa shape index (κ3) is 7.58. The second kappa shape index (κ2) is 12.4. The largest absolute Gasteiger partial charge is 0.354 e. The molecule has 0 radical (unpaired) electrons. The van der Waals surface area contributed by atoms with Crippen LogP contribution in [0.5, 0.6) is 0 Å². The first kappa shape index (κ1) is 27.9. The molecule has 1 atom stereocenters. The van der Waals surface area contributed by atoms with E-state index in [9.17, 15) is 22.4 Å². The Morgan fingerprint density at radius 3 is 2.29 bits per heavy atom. The van der Waals surface area contributed by atoms with Gasteiger partial charge in [0, 0.05) is 28.7 Å². The number of rotatable bonds is 11. The highest BCUT2D eigenvalue weighted by Crippen LogP contribution is 2.27. The van der Waals surface area contributed by atoms with Crippen LogP contribution in [0.2, 0.25) is 10.0 Å². The van der Waals surface area contributed by atoms with Crippen molar-refractivity contribution in [1.29, 1.82) is 0 Å². The number of nitrogens with one attached hydrogen (secondary N) is 1. The number of hydrogen-bond donors (Lipinski definition) is 1. The Labute approximate surface area is 209 Å². The van der Waals surface area contributed by atoms with Crippen LogP contribution < -0.4 is 9.62 Å². The Hall–Kier alpha value is -2.36. The van der Waals surface area contributed by atoms with Crippen LogP contribution in [0.15, 0.2) is 42.5 Å². The maximum Gasteiger partial charge on any atom is 0.244 e. The maximum absolute atomic E-state index is 13.8. The number of nitrogens with zero attached hydrogens (tertiary/aromatic N) is 2. The van der Waals surface area contributed by atoms with E-state index < -0.39 is 40.2 Å². The second-order valence-electron chi connectivity index (χ2n) is 7.79. The van der Waals surface area contributed by atoms with Gasteiger partial charge < -0.3 is 10.2 Å². The molecule has 2 rings (SSSR count). The fraction of sp³-hybridized carbons (Fsp3) is 0.391. The first-order valence-corrected chi connectivity index (χ1v) is 13.3. The second-order valence-corrected chi connectivity index (χ2v) is 10.5. The minimum Gasteiger partial charge on any atom is -0.354 e. The predicted octanol–water partition coefficient (Wildman–Crippen LogP) is 4.23. The van der Waals surface area contributed by atoms with Crippen LogP contribution in [0.4, 0.5) is 10.1 Å². The zero-order valence-electron chi connectivity index (χ0n) is 19.2. The molecule has 0 saturated heterocycles. The van der Waals surface area contributed by atoms with Crippen molar-refractivity contribution >= 4 is 50.7 Å². The normalized spacial score (nSPS) is 12.2. The highest BCUT2D eigenvalue weighted by atomic mass is 35.5. The highest BCUT2D eigenvalue weighted by Gasteiger charge is 2.31. The summed E-state index contributed by atoms with van der Waals surface area (Å²) >= 11 is 12.6. The summed E-state index contributed by atoms with van der Waals surface area (Å²) in [5.74, 6) is -1.73. The minimum absolute atomic E-state index is 0.00775. The Kier molecular flexibility index (Phi) is 10.1. The van der Waals surface area contributed by atoms with E-state index in [0.717, 1.165) is 29.5 Å². The lowest BCUT2D eigenvalue weighted by molar-refractivity contribution is -0.139. The lowest BCUT2D eigenvalue weighted by Crippen LogP contribution is -2.51. The summed E-state index contributed by atoms with van der Waals surface area (Å²) in [4.78, 5) is 27.4. The lowest BCUT2D eigenvalue weighted by Gasteiger charge is -2.32. The molecule has 0 heterocycles. The van der Waals surface area contributed by atoms with Crippen molar-refractivity contribution in [2.75, 3.05) is 23.7 Å². The number of benzene rings is 2. The number of carbonyl (C=O) groups excluding carboxylic acids is 2. The van der Waals surface area contributed by atoms with Gasteiger partial charge in [0.25, 0.3) is 0 Å². The molecule has 0 saturated carbocycles. The molecule has 34 heavy (non-hydrogen) atoms. The number of unbranched alkanes of at least 4 members (excludes halogenated alkanes) is 1. The molecule has 0 aliphatic carbocycles. The van der Waals surface area contributed by atoms with Gasteiger partial charge in [-0.3, -0.25) is 13.9 Å². The molecular weight excluding hydrogens is 504 g/mol. The van der Waals surface area contributed by atoms with Crippen LogP contribution in [0.1, 0.15) is 32.3 Å². The number of carbonyl (C=O) groups is 2. The third-order valence-corrected chi connectivity index (χ3v) is 7.01. The van der Waals surface area contributed by atoms with Crippen molar-refractivity contribution in [2.45, 2.75) is 39.3 Å². The summed E-state index contributed by atoms with van der Waals surface area (Å²) in [6.07, 6.45) is 2.56. The van der Waals surface area contributed by atoms with Crippen molar-refractivity contribution < 1.29 is 22.4 Å². The summed E-state index contributed by atoms with van der Waals surface area (Å²) in [7, 11) is -3.95. The van der Waals surface area contributed by atoms with Gasteiger partial charge in [-0.15, -0.1) is 0 Å². The van der Waals surface area contributed by atoms with Crippen molar-refractivity contribution in [3.63, 3.8) is 0 Å².